The van der Waals surface area contributed by atoms with Gasteiger partial charge in [-0.3, -0.25) is 4.40 Å². The molecule has 0 N–H and O–H groups in total. The summed E-state index contributed by atoms with van der Waals surface area (Å²) in [5.41, 5.74) is 6.24. The monoisotopic (exact) mass is 330 g/mol. The predicted molar refractivity (Wildman–Crippen MR) is 94.9 cm³/mol. The Labute approximate surface area is 145 Å². The standard InChI is InChI=1S/C20H18N4O/c21-9-16-14-4-3-5-15(14)20(23-10-13-8-12(23)11-25-13)24-18-7-2-1-6-17(18)22-19(16)24/h1-2,6-7,12-13H,3-5,8,10-11H2/t12-,13-/m0/s1. The van der Waals surface area contributed by atoms with E-state index in [1.807, 2.05) is 12.1 Å². The van der Waals surface area contributed by atoms with Crippen molar-refractivity contribution in [1.82, 2.24) is 9.38 Å². The minimum absolute atomic E-state index is 0.350. The predicted octanol–water partition coefficient (Wildman–Crippen LogP) is 2.83. The number of anilines is 1. The fourth-order valence-corrected chi connectivity index (χ4v) is 5.02. The molecule has 2 aliphatic heterocycles. The van der Waals surface area contributed by atoms with Crippen molar-refractivity contribution < 1.29 is 4.74 Å². The SMILES string of the molecule is N#Cc1c2c(c(N3C[C@@H]4C[C@H]3CO4)n3c1nc1ccccc13)CCC2. The first-order chi connectivity index (χ1) is 12.3. The molecule has 1 aromatic carbocycles. The normalized spacial score (nSPS) is 24.4. The highest BCUT2D eigenvalue weighted by atomic mass is 16.5. The third-order valence-corrected chi connectivity index (χ3v) is 6.07. The highest BCUT2D eigenvalue weighted by Gasteiger charge is 2.42. The smallest absolute Gasteiger partial charge is 0.157 e. The molecule has 6 rings (SSSR count). The molecule has 1 aliphatic carbocycles. The molecular weight excluding hydrogens is 312 g/mol. The number of aromatic nitrogens is 2. The maximum absolute atomic E-state index is 9.85. The second-order valence-electron chi connectivity index (χ2n) is 7.38. The van der Waals surface area contributed by atoms with Gasteiger partial charge in [-0.1, -0.05) is 12.1 Å². The van der Waals surface area contributed by atoms with Crippen LogP contribution in [0.1, 0.15) is 29.5 Å². The number of imidazole rings is 1. The van der Waals surface area contributed by atoms with Gasteiger partial charge in [0.1, 0.15) is 11.9 Å². The van der Waals surface area contributed by atoms with E-state index < -0.39 is 0 Å². The number of morpholine rings is 1. The zero-order valence-electron chi connectivity index (χ0n) is 13.9. The largest absolute Gasteiger partial charge is 0.374 e. The molecule has 2 atom stereocenters. The summed E-state index contributed by atoms with van der Waals surface area (Å²) in [6.45, 7) is 1.76. The molecule has 2 aromatic heterocycles. The van der Waals surface area contributed by atoms with Crippen molar-refractivity contribution in [2.24, 2.45) is 0 Å². The van der Waals surface area contributed by atoms with Gasteiger partial charge in [0.25, 0.3) is 0 Å². The lowest BCUT2D eigenvalue weighted by molar-refractivity contribution is 0.0988. The summed E-state index contributed by atoms with van der Waals surface area (Å²) >= 11 is 0. The lowest BCUT2D eigenvalue weighted by atomic mass is 10.0. The van der Waals surface area contributed by atoms with Gasteiger partial charge in [-0.2, -0.15) is 5.26 Å². The number of fused-ring (bicyclic) bond motifs is 6. The van der Waals surface area contributed by atoms with Crippen LogP contribution in [0.15, 0.2) is 24.3 Å². The molecule has 0 radical (unpaired) electrons. The summed E-state index contributed by atoms with van der Waals surface area (Å²) in [7, 11) is 0. The summed E-state index contributed by atoms with van der Waals surface area (Å²) in [6, 6.07) is 11.1. The van der Waals surface area contributed by atoms with Crippen LogP contribution in [0, 0.1) is 11.3 Å². The van der Waals surface area contributed by atoms with Gasteiger partial charge in [0.05, 0.1) is 35.3 Å². The van der Waals surface area contributed by atoms with Gasteiger partial charge in [-0.05, 0) is 48.9 Å². The molecule has 124 valence electrons. The zero-order chi connectivity index (χ0) is 16.5. The van der Waals surface area contributed by atoms with E-state index in [1.165, 1.54) is 16.9 Å². The molecular formula is C20H18N4O. The fourth-order valence-electron chi connectivity index (χ4n) is 5.02. The Morgan fingerprint density at radius 1 is 1.20 bits per heavy atom. The van der Waals surface area contributed by atoms with Crippen LogP contribution in [-0.2, 0) is 17.6 Å². The van der Waals surface area contributed by atoms with Crippen molar-refractivity contribution in [3.8, 4) is 6.07 Å². The Morgan fingerprint density at radius 2 is 2.08 bits per heavy atom. The summed E-state index contributed by atoms with van der Waals surface area (Å²) in [5, 5.41) is 9.85. The van der Waals surface area contributed by atoms with Gasteiger partial charge in [0, 0.05) is 6.54 Å². The number of nitrogens with zero attached hydrogens (tertiary/aromatic N) is 4. The Hall–Kier alpha value is -2.58. The average molecular weight is 330 g/mol. The van der Waals surface area contributed by atoms with Crippen LogP contribution in [0.25, 0.3) is 16.7 Å². The topological polar surface area (TPSA) is 53.6 Å². The number of para-hydroxylation sites is 2. The van der Waals surface area contributed by atoms with Gasteiger partial charge in [0.15, 0.2) is 5.65 Å². The quantitative estimate of drug-likeness (QED) is 0.688. The van der Waals surface area contributed by atoms with Crippen molar-refractivity contribution >= 4 is 22.5 Å². The number of pyridine rings is 1. The molecule has 0 spiro atoms. The molecule has 5 nitrogen and oxygen atoms in total. The molecule has 5 heteroatoms. The number of rotatable bonds is 1. The molecule has 0 unspecified atom stereocenters. The summed E-state index contributed by atoms with van der Waals surface area (Å²) < 4.78 is 8.08. The van der Waals surface area contributed by atoms with E-state index in [0.717, 1.165) is 61.1 Å². The zero-order valence-corrected chi connectivity index (χ0v) is 13.9. The molecule has 4 heterocycles. The summed E-state index contributed by atoms with van der Waals surface area (Å²) in [6.07, 6.45) is 4.63. The van der Waals surface area contributed by atoms with Crippen molar-refractivity contribution in [2.75, 3.05) is 18.1 Å². The van der Waals surface area contributed by atoms with Gasteiger partial charge in [-0.15, -0.1) is 0 Å². The lowest BCUT2D eigenvalue weighted by Gasteiger charge is -2.32. The highest BCUT2D eigenvalue weighted by Crippen LogP contribution is 2.42. The third-order valence-electron chi connectivity index (χ3n) is 6.07. The molecule has 3 aliphatic rings. The highest BCUT2D eigenvalue weighted by molar-refractivity contribution is 5.86. The number of nitriles is 1. The Bertz CT molecular complexity index is 1080. The number of hydrogen-bond donors (Lipinski definition) is 0. The molecule has 0 amide bonds. The van der Waals surface area contributed by atoms with Gasteiger partial charge in [-0.25, -0.2) is 4.98 Å². The van der Waals surface area contributed by atoms with Gasteiger partial charge in [0.2, 0.25) is 0 Å². The van der Waals surface area contributed by atoms with Gasteiger partial charge >= 0.3 is 0 Å². The molecule has 3 aromatic rings. The van der Waals surface area contributed by atoms with Crippen LogP contribution in [0.3, 0.4) is 0 Å². The second-order valence-corrected chi connectivity index (χ2v) is 7.38. The first-order valence-electron chi connectivity index (χ1n) is 9.08. The fraction of sp³-hybridized carbons (Fsp3) is 0.400. The number of ether oxygens (including phenoxy) is 1. The molecule has 2 bridgehead atoms. The number of benzene rings is 1. The molecule has 0 saturated carbocycles. The summed E-state index contributed by atoms with van der Waals surface area (Å²) in [4.78, 5) is 7.37. The average Bonchev–Trinajstić information content (AvgIpc) is 3.41. The maximum Gasteiger partial charge on any atom is 0.157 e. The van der Waals surface area contributed by atoms with Crippen LogP contribution >= 0.6 is 0 Å². The van der Waals surface area contributed by atoms with Crippen LogP contribution < -0.4 is 4.90 Å². The van der Waals surface area contributed by atoms with E-state index in [9.17, 15) is 5.26 Å². The molecule has 2 fully saturated rings. The summed E-state index contributed by atoms with van der Waals surface area (Å²) in [5.74, 6) is 1.27. The van der Waals surface area contributed by atoms with Crippen molar-refractivity contribution in [2.45, 2.75) is 37.8 Å². The van der Waals surface area contributed by atoms with Crippen molar-refractivity contribution in [1.29, 1.82) is 5.26 Å². The van der Waals surface area contributed by atoms with Gasteiger partial charge < -0.3 is 9.64 Å². The second kappa shape index (κ2) is 4.74. The van der Waals surface area contributed by atoms with E-state index >= 15 is 0 Å². The van der Waals surface area contributed by atoms with E-state index in [2.05, 4.69) is 27.5 Å². The van der Waals surface area contributed by atoms with E-state index in [1.54, 1.807) is 0 Å². The van der Waals surface area contributed by atoms with Crippen LogP contribution in [0.5, 0.6) is 0 Å². The number of hydrogen-bond acceptors (Lipinski definition) is 4. The van der Waals surface area contributed by atoms with Crippen LogP contribution in [0.4, 0.5) is 5.82 Å². The van der Waals surface area contributed by atoms with E-state index in [-0.39, 0.29) is 0 Å². The van der Waals surface area contributed by atoms with E-state index in [0.29, 0.717) is 12.1 Å². The third kappa shape index (κ3) is 1.68. The molecule has 2 saturated heterocycles. The molecule has 25 heavy (non-hydrogen) atoms. The first-order valence-corrected chi connectivity index (χ1v) is 9.08. The van der Waals surface area contributed by atoms with E-state index in [4.69, 9.17) is 9.72 Å². The van der Waals surface area contributed by atoms with Crippen LogP contribution in [0.2, 0.25) is 0 Å². The maximum atomic E-state index is 9.85. The minimum atomic E-state index is 0.350. The Kier molecular flexibility index (Phi) is 2.59. The van der Waals surface area contributed by atoms with Crippen LogP contribution in [-0.4, -0.2) is 34.7 Å². The lowest BCUT2D eigenvalue weighted by Crippen LogP contribution is -2.38. The minimum Gasteiger partial charge on any atom is -0.374 e. The first kappa shape index (κ1) is 13.7. The Balaban J connectivity index is 1.76. The Morgan fingerprint density at radius 3 is 2.88 bits per heavy atom. The van der Waals surface area contributed by atoms with Crippen molar-refractivity contribution in [3.05, 3.63) is 41.0 Å². The van der Waals surface area contributed by atoms with Crippen molar-refractivity contribution in [3.63, 3.8) is 0 Å².